The van der Waals surface area contributed by atoms with Crippen LogP contribution in [0.5, 0.6) is 0 Å². The van der Waals surface area contributed by atoms with Gasteiger partial charge in [0.2, 0.25) is 0 Å². The Balaban J connectivity index is 2.58. The zero-order valence-electron chi connectivity index (χ0n) is 7.65. The first-order chi connectivity index (χ1) is 6.13. The number of alkyl halides is 1. The first kappa shape index (κ1) is 10.2. The number of nitrogens with two attached hydrogens (primary N) is 1. The molecule has 0 radical (unpaired) electrons. The quantitative estimate of drug-likeness (QED) is 0.732. The number of hydrogen-bond donors (Lipinski definition) is 2. The molecule has 0 aliphatic rings. The molecular formula is C9H15FN2O. The SMILES string of the molecule is CC(N)c1ccn(CC(O)CF)c1. The zero-order valence-corrected chi connectivity index (χ0v) is 7.65. The van der Waals surface area contributed by atoms with Crippen molar-refractivity contribution in [3.63, 3.8) is 0 Å². The minimum Gasteiger partial charge on any atom is -0.389 e. The van der Waals surface area contributed by atoms with Crippen LogP contribution in [0.1, 0.15) is 18.5 Å². The van der Waals surface area contributed by atoms with Crippen molar-refractivity contribution < 1.29 is 9.50 Å². The van der Waals surface area contributed by atoms with Crippen LogP contribution in [0.25, 0.3) is 0 Å². The van der Waals surface area contributed by atoms with Gasteiger partial charge in [0.1, 0.15) is 12.8 Å². The lowest BCUT2D eigenvalue weighted by Gasteiger charge is -2.06. The van der Waals surface area contributed by atoms with Crippen molar-refractivity contribution in [2.45, 2.75) is 25.6 Å². The van der Waals surface area contributed by atoms with Gasteiger partial charge in [0.05, 0.1) is 6.54 Å². The standard InChI is InChI=1S/C9H15FN2O/c1-7(11)8-2-3-12(5-8)6-9(13)4-10/h2-3,5,7,9,13H,4,6,11H2,1H3. The maximum Gasteiger partial charge on any atom is 0.117 e. The van der Waals surface area contributed by atoms with Crippen molar-refractivity contribution >= 4 is 0 Å². The molecule has 0 aliphatic carbocycles. The van der Waals surface area contributed by atoms with E-state index >= 15 is 0 Å². The van der Waals surface area contributed by atoms with Crippen molar-refractivity contribution in [3.8, 4) is 0 Å². The van der Waals surface area contributed by atoms with E-state index in [1.54, 1.807) is 10.8 Å². The molecule has 0 fully saturated rings. The Labute approximate surface area is 77.0 Å². The van der Waals surface area contributed by atoms with Gasteiger partial charge in [-0.15, -0.1) is 0 Å². The summed E-state index contributed by atoms with van der Waals surface area (Å²) in [5, 5.41) is 9.03. The third-order valence-electron chi connectivity index (χ3n) is 1.90. The first-order valence-electron chi connectivity index (χ1n) is 4.28. The molecule has 0 saturated heterocycles. The van der Waals surface area contributed by atoms with Gasteiger partial charge in [-0.25, -0.2) is 4.39 Å². The molecule has 0 aliphatic heterocycles. The highest BCUT2D eigenvalue weighted by Crippen LogP contribution is 2.09. The lowest BCUT2D eigenvalue weighted by atomic mass is 10.2. The highest BCUT2D eigenvalue weighted by molar-refractivity contribution is 5.13. The summed E-state index contributed by atoms with van der Waals surface area (Å²) >= 11 is 0. The van der Waals surface area contributed by atoms with Crippen LogP contribution >= 0.6 is 0 Å². The Morgan fingerprint density at radius 2 is 2.38 bits per heavy atom. The van der Waals surface area contributed by atoms with Crippen molar-refractivity contribution in [1.29, 1.82) is 0 Å². The number of aliphatic hydroxyl groups excluding tert-OH is 1. The van der Waals surface area contributed by atoms with Gasteiger partial charge < -0.3 is 15.4 Å². The van der Waals surface area contributed by atoms with Crippen LogP contribution in [-0.2, 0) is 6.54 Å². The highest BCUT2D eigenvalue weighted by atomic mass is 19.1. The molecule has 0 amide bonds. The van der Waals surface area contributed by atoms with Crippen LogP contribution in [0.2, 0.25) is 0 Å². The summed E-state index contributed by atoms with van der Waals surface area (Å²) in [5.74, 6) is 0. The van der Waals surface area contributed by atoms with E-state index in [2.05, 4.69) is 0 Å². The predicted octanol–water partition coefficient (Wildman–Crippen LogP) is 0.838. The largest absolute Gasteiger partial charge is 0.389 e. The van der Waals surface area contributed by atoms with E-state index in [9.17, 15) is 4.39 Å². The van der Waals surface area contributed by atoms with Gasteiger partial charge in [-0.1, -0.05) is 0 Å². The molecule has 0 saturated carbocycles. The number of aromatic nitrogens is 1. The first-order valence-corrected chi connectivity index (χ1v) is 4.28. The summed E-state index contributed by atoms with van der Waals surface area (Å²) in [7, 11) is 0. The fourth-order valence-corrected chi connectivity index (χ4v) is 1.13. The summed E-state index contributed by atoms with van der Waals surface area (Å²) in [6.07, 6.45) is 2.69. The van der Waals surface area contributed by atoms with E-state index in [4.69, 9.17) is 10.8 Å². The molecule has 1 rings (SSSR count). The normalized spacial score (nSPS) is 15.7. The average molecular weight is 186 g/mol. The minimum atomic E-state index is -0.923. The molecule has 2 atom stereocenters. The van der Waals surface area contributed by atoms with Crippen molar-refractivity contribution in [2.24, 2.45) is 5.73 Å². The van der Waals surface area contributed by atoms with Gasteiger partial charge in [0, 0.05) is 18.4 Å². The van der Waals surface area contributed by atoms with E-state index in [0.717, 1.165) is 5.56 Å². The second-order valence-electron chi connectivity index (χ2n) is 3.24. The number of rotatable bonds is 4. The molecule has 74 valence electrons. The Morgan fingerprint density at radius 1 is 1.69 bits per heavy atom. The van der Waals surface area contributed by atoms with Crippen molar-refractivity contribution in [1.82, 2.24) is 4.57 Å². The van der Waals surface area contributed by atoms with Gasteiger partial charge in [0.15, 0.2) is 0 Å². The summed E-state index contributed by atoms with van der Waals surface area (Å²) in [4.78, 5) is 0. The van der Waals surface area contributed by atoms with Crippen LogP contribution in [0.4, 0.5) is 4.39 Å². The third kappa shape index (κ3) is 2.82. The molecule has 1 aromatic heterocycles. The number of aliphatic hydroxyl groups is 1. The second-order valence-corrected chi connectivity index (χ2v) is 3.24. The molecule has 3 nitrogen and oxygen atoms in total. The number of halogens is 1. The summed E-state index contributed by atoms with van der Waals surface area (Å²) in [5.41, 5.74) is 6.63. The van der Waals surface area contributed by atoms with E-state index in [-0.39, 0.29) is 12.6 Å². The lowest BCUT2D eigenvalue weighted by molar-refractivity contribution is 0.122. The monoisotopic (exact) mass is 186 g/mol. The van der Waals surface area contributed by atoms with Gasteiger partial charge in [-0.2, -0.15) is 0 Å². The summed E-state index contributed by atoms with van der Waals surface area (Å²) in [6, 6.07) is 1.85. The number of nitrogens with zero attached hydrogens (tertiary/aromatic N) is 1. The maximum atomic E-state index is 11.9. The lowest BCUT2D eigenvalue weighted by Crippen LogP contribution is -2.16. The number of hydrogen-bond acceptors (Lipinski definition) is 2. The van der Waals surface area contributed by atoms with Gasteiger partial charge >= 0.3 is 0 Å². The van der Waals surface area contributed by atoms with Crippen molar-refractivity contribution in [2.75, 3.05) is 6.67 Å². The molecule has 13 heavy (non-hydrogen) atoms. The Bertz CT molecular complexity index is 260. The molecule has 2 unspecified atom stereocenters. The van der Waals surface area contributed by atoms with Crippen LogP contribution in [-0.4, -0.2) is 22.5 Å². The smallest absolute Gasteiger partial charge is 0.117 e. The van der Waals surface area contributed by atoms with E-state index in [1.165, 1.54) is 0 Å². The van der Waals surface area contributed by atoms with E-state index in [1.807, 2.05) is 19.2 Å². The minimum absolute atomic E-state index is 0.0243. The maximum absolute atomic E-state index is 11.9. The van der Waals surface area contributed by atoms with Crippen LogP contribution in [0.3, 0.4) is 0 Å². The second kappa shape index (κ2) is 4.39. The molecule has 3 N–H and O–H groups in total. The molecule has 0 spiro atoms. The van der Waals surface area contributed by atoms with Gasteiger partial charge in [0.25, 0.3) is 0 Å². The van der Waals surface area contributed by atoms with E-state index in [0.29, 0.717) is 0 Å². The predicted molar refractivity (Wildman–Crippen MR) is 49.0 cm³/mol. The van der Waals surface area contributed by atoms with E-state index < -0.39 is 12.8 Å². The van der Waals surface area contributed by atoms with Gasteiger partial charge in [-0.05, 0) is 18.6 Å². The molecule has 1 heterocycles. The van der Waals surface area contributed by atoms with Crippen LogP contribution < -0.4 is 5.73 Å². The molecule has 4 heteroatoms. The van der Waals surface area contributed by atoms with Crippen LogP contribution in [0, 0.1) is 0 Å². The Hall–Kier alpha value is -0.870. The molecule has 0 aromatic carbocycles. The molecule has 0 bridgehead atoms. The topological polar surface area (TPSA) is 51.2 Å². The molecule has 1 aromatic rings. The third-order valence-corrected chi connectivity index (χ3v) is 1.90. The van der Waals surface area contributed by atoms with Gasteiger partial charge in [-0.3, -0.25) is 0 Å². The Morgan fingerprint density at radius 3 is 2.85 bits per heavy atom. The summed E-state index contributed by atoms with van der Waals surface area (Å²) < 4.78 is 13.7. The Kier molecular flexibility index (Phi) is 3.45. The fourth-order valence-electron chi connectivity index (χ4n) is 1.13. The zero-order chi connectivity index (χ0) is 9.84. The summed E-state index contributed by atoms with van der Waals surface area (Å²) in [6.45, 7) is 1.44. The fraction of sp³-hybridized carbons (Fsp3) is 0.556. The highest BCUT2D eigenvalue weighted by Gasteiger charge is 2.05. The van der Waals surface area contributed by atoms with Crippen LogP contribution in [0.15, 0.2) is 18.5 Å². The molecular weight excluding hydrogens is 171 g/mol. The average Bonchev–Trinajstić information content (AvgIpc) is 2.52. The van der Waals surface area contributed by atoms with Crippen molar-refractivity contribution in [3.05, 3.63) is 24.0 Å².